The first-order valence-electron chi connectivity index (χ1n) is 6.75. The molecule has 0 heterocycles. The van der Waals surface area contributed by atoms with Crippen LogP contribution in [0.1, 0.15) is 31.2 Å². The zero-order chi connectivity index (χ0) is 12.8. The van der Waals surface area contributed by atoms with Crippen molar-refractivity contribution in [2.24, 2.45) is 0 Å². The summed E-state index contributed by atoms with van der Waals surface area (Å²) in [5.74, 6) is 0. The number of nitrogens with one attached hydrogen (secondary N) is 1. The van der Waals surface area contributed by atoms with Crippen LogP contribution in [0.25, 0.3) is 0 Å². The fraction of sp³-hybridized carbons (Fsp3) is 0.600. The molecule has 1 aromatic carbocycles. The molecule has 0 aromatic heterocycles. The summed E-state index contributed by atoms with van der Waals surface area (Å²) in [7, 11) is 3.83. The van der Waals surface area contributed by atoms with Gasteiger partial charge in [0, 0.05) is 23.8 Å². The summed E-state index contributed by atoms with van der Waals surface area (Å²) in [4.78, 5) is 1.39. The fourth-order valence-corrected chi connectivity index (χ4v) is 3.91. The Labute approximate surface area is 114 Å². The van der Waals surface area contributed by atoms with Gasteiger partial charge in [0.2, 0.25) is 0 Å². The van der Waals surface area contributed by atoms with Crippen LogP contribution in [0.3, 0.4) is 0 Å². The van der Waals surface area contributed by atoms with Gasteiger partial charge in [-0.2, -0.15) is 0 Å². The zero-order valence-corrected chi connectivity index (χ0v) is 12.1. The molecule has 18 heavy (non-hydrogen) atoms. The molecule has 0 bridgehead atoms. The van der Waals surface area contributed by atoms with E-state index in [1.807, 2.05) is 25.9 Å². The minimum absolute atomic E-state index is 0.469. The van der Waals surface area contributed by atoms with Crippen LogP contribution in [0.4, 0.5) is 0 Å². The molecule has 3 heteroatoms. The lowest BCUT2D eigenvalue weighted by Crippen LogP contribution is -2.23. The molecule has 0 radical (unpaired) electrons. The molecule has 2 unspecified atom stereocenters. The van der Waals surface area contributed by atoms with Gasteiger partial charge in [-0.25, -0.2) is 0 Å². The molecule has 0 amide bonds. The number of rotatable bonds is 5. The predicted octanol–water partition coefficient (Wildman–Crippen LogP) is 3.46. The van der Waals surface area contributed by atoms with Crippen molar-refractivity contribution in [3.05, 3.63) is 29.8 Å². The molecule has 0 spiro atoms. The molecule has 1 aliphatic carbocycles. The molecule has 1 N–H and O–H groups in total. The van der Waals surface area contributed by atoms with Crippen molar-refractivity contribution in [2.45, 2.75) is 48.5 Å². The third kappa shape index (κ3) is 4.01. The third-order valence-electron chi connectivity index (χ3n) is 3.49. The van der Waals surface area contributed by atoms with Gasteiger partial charge in [-0.05, 0) is 50.4 Å². The van der Waals surface area contributed by atoms with Gasteiger partial charge >= 0.3 is 0 Å². The first-order chi connectivity index (χ1) is 8.81. The lowest BCUT2D eigenvalue weighted by molar-refractivity contribution is 0.0730. The number of ether oxygens (including phenoxy) is 1. The van der Waals surface area contributed by atoms with Gasteiger partial charge in [-0.3, -0.25) is 0 Å². The third-order valence-corrected chi connectivity index (χ3v) is 4.78. The van der Waals surface area contributed by atoms with Gasteiger partial charge < -0.3 is 10.1 Å². The van der Waals surface area contributed by atoms with Crippen molar-refractivity contribution in [1.29, 1.82) is 0 Å². The van der Waals surface area contributed by atoms with Crippen LogP contribution in [0.2, 0.25) is 0 Å². The van der Waals surface area contributed by atoms with Crippen LogP contribution in [-0.4, -0.2) is 25.5 Å². The van der Waals surface area contributed by atoms with Gasteiger partial charge in [0.25, 0.3) is 0 Å². The molecular formula is C15H23NOS. The van der Waals surface area contributed by atoms with Crippen LogP contribution < -0.4 is 5.32 Å². The highest BCUT2D eigenvalue weighted by Crippen LogP contribution is 2.34. The molecule has 1 aromatic rings. The topological polar surface area (TPSA) is 21.3 Å². The van der Waals surface area contributed by atoms with Gasteiger partial charge in [0.15, 0.2) is 0 Å². The van der Waals surface area contributed by atoms with Gasteiger partial charge in [0.1, 0.15) is 0 Å². The SMILES string of the molecule is CNCc1cccc(SC2CCCC(OC)C2)c1. The first-order valence-corrected chi connectivity index (χ1v) is 7.62. The van der Waals surface area contributed by atoms with E-state index < -0.39 is 0 Å². The molecular weight excluding hydrogens is 242 g/mol. The summed E-state index contributed by atoms with van der Waals surface area (Å²) >= 11 is 2.02. The van der Waals surface area contributed by atoms with E-state index in [4.69, 9.17) is 4.74 Å². The standard InChI is InChI=1S/C15H23NOS/c1-16-11-12-5-3-7-14(9-12)18-15-8-4-6-13(10-15)17-2/h3,5,7,9,13,15-16H,4,6,8,10-11H2,1-2H3. The molecule has 100 valence electrons. The second-order valence-corrected chi connectivity index (χ2v) is 6.32. The van der Waals surface area contributed by atoms with E-state index in [1.165, 1.54) is 36.1 Å². The zero-order valence-electron chi connectivity index (χ0n) is 11.3. The monoisotopic (exact) mass is 265 g/mol. The fourth-order valence-electron chi connectivity index (χ4n) is 2.55. The second kappa shape index (κ2) is 7.17. The number of thioether (sulfide) groups is 1. The van der Waals surface area contributed by atoms with E-state index in [9.17, 15) is 0 Å². The van der Waals surface area contributed by atoms with Gasteiger partial charge in [-0.15, -0.1) is 11.8 Å². The molecule has 1 fully saturated rings. The molecule has 2 rings (SSSR count). The van der Waals surface area contributed by atoms with E-state index in [1.54, 1.807) is 0 Å². The normalized spacial score (nSPS) is 24.1. The number of hydrogen-bond donors (Lipinski definition) is 1. The van der Waals surface area contributed by atoms with Crippen molar-refractivity contribution in [1.82, 2.24) is 5.32 Å². The summed E-state index contributed by atoms with van der Waals surface area (Å²) in [5, 5.41) is 3.92. The summed E-state index contributed by atoms with van der Waals surface area (Å²) in [6, 6.07) is 8.86. The summed E-state index contributed by atoms with van der Waals surface area (Å²) in [6.07, 6.45) is 5.51. The Balaban J connectivity index is 1.93. The van der Waals surface area contributed by atoms with Crippen LogP contribution in [-0.2, 0) is 11.3 Å². The highest BCUT2D eigenvalue weighted by molar-refractivity contribution is 8.00. The maximum atomic E-state index is 5.50. The molecule has 1 aliphatic rings. The number of hydrogen-bond acceptors (Lipinski definition) is 3. The van der Waals surface area contributed by atoms with E-state index in [0.29, 0.717) is 11.4 Å². The van der Waals surface area contributed by atoms with Gasteiger partial charge in [0.05, 0.1) is 6.10 Å². The highest BCUT2D eigenvalue weighted by Gasteiger charge is 2.22. The molecule has 2 atom stereocenters. The van der Waals surface area contributed by atoms with Crippen molar-refractivity contribution in [2.75, 3.05) is 14.2 Å². The average Bonchev–Trinajstić information content (AvgIpc) is 2.40. The first kappa shape index (κ1) is 13.9. The average molecular weight is 265 g/mol. The molecule has 2 nitrogen and oxygen atoms in total. The van der Waals surface area contributed by atoms with Crippen LogP contribution in [0.15, 0.2) is 29.2 Å². The van der Waals surface area contributed by atoms with Crippen molar-refractivity contribution < 1.29 is 4.74 Å². The minimum atomic E-state index is 0.469. The van der Waals surface area contributed by atoms with Gasteiger partial charge in [-0.1, -0.05) is 12.1 Å². The maximum absolute atomic E-state index is 5.50. The second-order valence-electron chi connectivity index (χ2n) is 4.94. The minimum Gasteiger partial charge on any atom is -0.381 e. The number of benzene rings is 1. The van der Waals surface area contributed by atoms with Crippen LogP contribution in [0.5, 0.6) is 0 Å². The summed E-state index contributed by atoms with van der Waals surface area (Å²) in [5.41, 5.74) is 1.36. The van der Waals surface area contributed by atoms with E-state index in [-0.39, 0.29) is 0 Å². The van der Waals surface area contributed by atoms with E-state index in [2.05, 4.69) is 29.6 Å². The lowest BCUT2D eigenvalue weighted by Gasteiger charge is -2.27. The van der Waals surface area contributed by atoms with Crippen molar-refractivity contribution >= 4 is 11.8 Å². The van der Waals surface area contributed by atoms with E-state index in [0.717, 1.165) is 6.54 Å². The molecule has 0 saturated heterocycles. The highest BCUT2D eigenvalue weighted by atomic mass is 32.2. The Morgan fingerprint density at radius 3 is 3.06 bits per heavy atom. The Kier molecular flexibility index (Phi) is 5.54. The van der Waals surface area contributed by atoms with Crippen LogP contribution >= 0.6 is 11.8 Å². The van der Waals surface area contributed by atoms with E-state index >= 15 is 0 Å². The summed E-state index contributed by atoms with van der Waals surface area (Å²) in [6.45, 7) is 0.944. The maximum Gasteiger partial charge on any atom is 0.0582 e. The Morgan fingerprint density at radius 1 is 1.39 bits per heavy atom. The largest absolute Gasteiger partial charge is 0.381 e. The van der Waals surface area contributed by atoms with Crippen molar-refractivity contribution in [3.8, 4) is 0 Å². The quantitative estimate of drug-likeness (QED) is 0.881. The molecule has 1 saturated carbocycles. The number of methoxy groups -OCH3 is 1. The smallest absolute Gasteiger partial charge is 0.0582 e. The van der Waals surface area contributed by atoms with Crippen molar-refractivity contribution in [3.63, 3.8) is 0 Å². The molecule has 0 aliphatic heterocycles. The predicted molar refractivity (Wildman–Crippen MR) is 78.1 cm³/mol. The Morgan fingerprint density at radius 2 is 2.28 bits per heavy atom. The Bertz CT molecular complexity index is 369. The summed E-state index contributed by atoms with van der Waals surface area (Å²) < 4.78 is 5.50. The Hall–Kier alpha value is -0.510. The van der Waals surface area contributed by atoms with Crippen LogP contribution in [0, 0.1) is 0 Å². The lowest BCUT2D eigenvalue weighted by atomic mass is 9.97.